The van der Waals surface area contributed by atoms with E-state index in [0.29, 0.717) is 5.82 Å². The lowest BCUT2D eigenvalue weighted by atomic mass is 9.98. The van der Waals surface area contributed by atoms with Crippen LogP contribution in [0.15, 0.2) is 103 Å². The topological polar surface area (TPSA) is 67.2 Å². The maximum Gasteiger partial charge on any atom is 0.240 e. The molecule has 1 aliphatic heterocycles. The van der Waals surface area contributed by atoms with Gasteiger partial charge in [0.15, 0.2) is 0 Å². The normalized spacial score (nSPS) is 14.7. The molecule has 2 amide bonds. The van der Waals surface area contributed by atoms with Crippen LogP contribution in [0.4, 0.5) is 10.2 Å². The quantitative estimate of drug-likeness (QED) is 0.227. The molecule has 216 valence electrons. The summed E-state index contributed by atoms with van der Waals surface area (Å²) in [6.07, 6.45) is 0. The SMILES string of the molecule is Cc1cccc([C@H]2SCC(=O)N(CC(=O)NCc3ccc(F)cc3)c3c2c(-c2ccccc2)nn3-c2cccc(C)c2)c1. The fraction of sp³-hybridized carbons (Fsp3) is 0.171. The lowest BCUT2D eigenvalue weighted by Crippen LogP contribution is -2.42. The Morgan fingerprint density at radius 1 is 0.930 bits per heavy atom. The first-order valence-electron chi connectivity index (χ1n) is 14.1. The highest BCUT2D eigenvalue weighted by Gasteiger charge is 2.37. The van der Waals surface area contributed by atoms with E-state index in [-0.39, 0.29) is 41.7 Å². The summed E-state index contributed by atoms with van der Waals surface area (Å²) < 4.78 is 15.2. The molecule has 2 heterocycles. The van der Waals surface area contributed by atoms with Crippen molar-refractivity contribution < 1.29 is 14.0 Å². The van der Waals surface area contributed by atoms with Crippen LogP contribution in [0.2, 0.25) is 0 Å². The van der Waals surface area contributed by atoms with Gasteiger partial charge >= 0.3 is 0 Å². The van der Waals surface area contributed by atoms with Crippen LogP contribution in [0, 0.1) is 19.7 Å². The lowest BCUT2D eigenvalue weighted by Gasteiger charge is -2.23. The van der Waals surface area contributed by atoms with Crippen LogP contribution >= 0.6 is 11.8 Å². The highest BCUT2D eigenvalue weighted by molar-refractivity contribution is 8.00. The number of rotatable bonds is 7. The van der Waals surface area contributed by atoms with Gasteiger partial charge in [0.2, 0.25) is 11.8 Å². The van der Waals surface area contributed by atoms with E-state index in [2.05, 4.69) is 30.4 Å². The number of carbonyl (C=O) groups is 2. The van der Waals surface area contributed by atoms with Gasteiger partial charge in [0.25, 0.3) is 0 Å². The minimum Gasteiger partial charge on any atom is -0.350 e. The molecular weight excluding hydrogens is 559 g/mol. The molecule has 0 saturated heterocycles. The van der Waals surface area contributed by atoms with Crippen LogP contribution in [0.5, 0.6) is 0 Å². The van der Waals surface area contributed by atoms with Gasteiger partial charge in [-0.05, 0) is 54.8 Å². The van der Waals surface area contributed by atoms with Crippen LogP contribution in [0.25, 0.3) is 16.9 Å². The molecule has 6 nitrogen and oxygen atoms in total. The minimum atomic E-state index is -0.336. The predicted octanol–water partition coefficient (Wildman–Crippen LogP) is 6.78. The van der Waals surface area contributed by atoms with Crippen LogP contribution in [-0.2, 0) is 16.1 Å². The molecule has 0 aliphatic carbocycles. The Morgan fingerprint density at radius 3 is 2.37 bits per heavy atom. The Hall–Kier alpha value is -4.69. The van der Waals surface area contributed by atoms with E-state index in [1.165, 1.54) is 12.1 Å². The third kappa shape index (κ3) is 6.10. The molecule has 0 fully saturated rings. The van der Waals surface area contributed by atoms with Gasteiger partial charge in [-0.2, -0.15) is 5.10 Å². The van der Waals surface area contributed by atoms with Gasteiger partial charge in [0.05, 0.1) is 22.4 Å². The first kappa shape index (κ1) is 28.4. The number of hydrogen-bond donors (Lipinski definition) is 1. The van der Waals surface area contributed by atoms with E-state index in [1.54, 1.807) is 28.8 Å². The molecule has 4 aromatic carbocycles. The molecule has 43 heavy (non-hydrogen) atoms. The predicted molar refractivity (Wildman–Crippen MR) is 170 cm³/mol. The van der Waals surface area contributed by atoms with Crippen LogP contribution in [-0.4, -0.2) is 33.9 Å². The summed E-state index contributed by atoms with van der Waals surface area (Å²) in [5.41, 5.74) is 7.40. The first-order chi connectivity index (χ1) is 20.9. The van der Waals surface area contributed by atoms with Crippen molar-refractivity contribution in [3.05, 3.63) is 137 Å². The summed E-state index contributed by atoms with van der Waals surface area (Å²) >= 11 is 1.55. The summed E-state index contributed by atoms with van der Waals surface area (Å²) in [5, 5.41) is 7.86. The zero-order valence-electron chi connectivity index (χ0n) is 24.0. The van der Waals surface area contributed by atoms with Crippen molar-refractivity contribution >= 4 is 29.4 Å². The number of nitrogens with one attached hydrogen (secondary N) is 1. The van der Waals surface area contributed by atoms with Crippen LogP contribution in [0.3, 0.4) is 0 Å². The largest absolute Gasteiger partial charge is 0.350 e. The molecule has 0 radical (unpaired) electrons. The number of aryl methyl sites for hydroxylation is 2. The fourth-order valence-electron chi connectivity index (χ4n) is 5.37. The van der Waals surface area contributed by atoms with Gasteiger partial charge in [0, 0.05) is 17.7 Å². The van der Waals surface area contributed by atoms with Crippen molar-refractivity contribution in [1.29, 1.82) is 0 Å². The molecule has 1 atom stereocenters. The molecule has 0 saturated carbocycles. The molecule has 1 aromatic heterocycles. The van der Waals surface area contributed by atoms with Crippen molar-refractivity contribution in [2.24, 2.45) is 0 Å². The van der Waals surface area contributed by atoms with E-state index in [1.807, 2.05) is 72.3 Å². The number of aromatic nitrogens is 2. The highest BCUT2D eigenvalue weighted by atomic mass is 32.2. The Bertz CT molecular complexity index is 1790. The number of halogens is 1. The number of carbonyl (C=O) groups excluding carboxylic acids is 2. The Kier molecular flexibility index (Phi) is 8.11. The van der Waals surface area contributed by atoms with Gasteiger partial charge in [-0.25, -0.2) is 9.07 Å². The number of nitrogens with zero attached hydrogens (tertiary/aromatic N) is 3. The van der Waals surface area contributed by atoms with Gasteiger partial charge < -0.3 is 5.32 Å². The van der Waals surface area contributed by atoms with E-state index in [4.69, 9.17) is 5.10 Å². The third-order valence-electron chi connectivity index (χ3n) is 7.43. The second-order valence-corrected chi connectivity index (χ2v) is 11.8. The Morgan fingerprint density at radius 2 is 1.65 bits per heavy atom. The summed E-state index contributed by atoms with van der Waals surface area (Å²) in [4.78, 5) is 28.9. The Labute approximate surface area is 254 Å². The average molecular weight is 591 g/mol. The van der Waals surface area contributed by atoms with E-state index in [9.17, 15) is 14.0 Å². The number of fused-ring (bicyclic) bond motifs is 1. The average Bonchev–Trinajstić information content (AvgIpc) is 3.34. The summed E-state index contributed by atoms with van der Waals surface area (Å²) in [5.74, 6) is -0.0480. The monoisotopic (exact) mass is 590 g/mol. The zero-order chi connectivity index (χ0) is 29.9. The molecule has 8 heteroatoms. The number of hydrogen-bond acceptors (Lipinski definition) is 4. The lowest BCUT2D eigenvalue weighted by molar-refractivity contribution is -0.123. The maximum absolute atomic E-state index is 13.9. The standard InChI is InChI=1S/C35H31FN4O2S/c1-23-8-6-12-27(18-23)34-32-33(26-10-4-3-5-11-26)38-40(29-13-7-9-24(2)19-29)35(32)39(31(42)22-43-34)21-30(41)37-20-25-14-16-28(36)17-15-25/h3-19,34H,20-22H2,1-2H3,(H,37,41)/t34-/m1/s1. The van der Waals surface area contributed by atoms with Crippen molar-refractivity contribution in [3.63, 3.8) is 0 Å². The first-order valence-corrected chi connectivity index (χ1v) is 15.2. The summed E-state index contributed by atoms with van der Waals surface area (Å²) in [7, 11) is 0. The smallest absolute Gasteiger partial charge is 0.240 e. The van der Waals surface area contributed by atoms with Gasteiger partial charge in [-0.15, -0.1) is 11.8 Å². The third-order valence-corrected chi connectivity index (χ3v) is 8.69. The molecule has 1 N–H and O–H groups in total. The van der Waals surface area contributed by atoms with Crippen LogP contribution in [0.1, 0.15) is 33.1 Å². The van der Waals surface area contributed by atoms with Gasteiger partial charge in [-0.1, -0.05) is 84.4 Å². The number of anilines is 1. The molecule has 6 rings (SSSR count). The highest BCUT2D eigenvalue weighted by Crippen LogP contribution is 2.48. The van der Waals surface area contributed by atoms with E-state index in [0.717, 1.165) is 44.8 Å². The van der Waals surface area contributed by atoms with Crippen molar-refractivity contribution in [3.8, 4) is 16.9 Å². The number of benzene rings is 4. The van der Waals surface area contributed by atoms with E-state index < -0.39 is 0 Å². The molecular formula is C35H31FN4O2S. The zero-order valence-corrected chi connectivity index (χ0v) is 24.8. The Balaban J connectivity index is 1.50. The molecule has 0 spiro atoms. The van der Waals surface area contributed by atoms with Crippen molar-refractivity contribution in [2.45, 2.75) is 25.6 Å². The summed E-state index contributed by atoms with van der Waals surface area (Å²) in [6.45, 7) is 4.12. The van der Waals surface area contributed by atoms with Crippen molar-refractivity contribution in [1.82, 2.24) is 15.1 Å². The van der Waals surface area contributed by atoms with E-state index >= 15 is 0 Å². The maximum atomic E-state index is 13.9. The number of amides is 2. The van der Waals surface area contributed by atoms with Crippen LogP contribution < -0.4 is 10.2 Å². The molecule has 0 unspecified atom stereocenters. The van der Waals surface area contributed by atoms with Gasteiger partial charge in [0.1, 0.15) is 18.2 Å². The number of thioether (sulfide) groups is 1. The molecule has 0 bridgehead atoms. The summed E-state index contributed by atoms with van der Waals surface area (Å²) in [6, 6.07) is 32.2. The van der Waals surface area contributed by atoms with Gasteiger partial charge in [-0.3, -0.25) is 14.5 Å². The fourth-order valence-corrected chi connectivity index (χ4v) is 6.55. The molecule has 5 aromatic rings. The second-order valence-electron chi connectivity index (χ2n) is 10.7. The molecule has 1 aliphatic rings. The minimum absolute atomic E-state index is 0.174. The van der Waals surface area contributed by atoms with Crippen molar-refractivity contribution in [2.75, 3.05) is 17.2 Å². The second kappa shape index (κ2) is 12.3.